The maximum Gasteiger partial charge on any atom is 0.247 e. The first kappa shape index (κ1) is 10.7. The van der Waals surface area contributed by atoms with Gasteiger partial charge in [0.05, 0.1) is 6.21 Å². The Morgan fingerprint density at radius 3 is 2.58 bits per heavy atom. The van der Waals surface area contributed by atoms with Gasteiger partial charge in [0.1, 0.15) is 6.29 Å². The van der Waals surface area contributed by atoms with Crippen LogP contribution in [-0.2, 0) is 4.79 Å². The van der Waals surface area contributed by atoms with Crippen molar-refractivity contribution in [1.29, 1.82) is 5.41 Å². The molecular formula is C7H12N2O3. The molecule has 0 aromatic rings. The minimum atomic E-state index is -0.878. The van der Waals surface area contributed by atoms with Gasteiger partial charge >= 0.3 is 0 Å². The second-order valence-corrected chi connectivity index (χ2v) is 2.47. The summed E-state index contributed by atoms with van der Waals surface area (Å²) in [7, 11) is 0. The van der Waals surface area contributed by atoms with E-state index in [9.17, 15) is 14.9 Å². The fourth-order valence-corrected chi connectivity index (χ4v) is 0.831. The van der Waals surface area contributed by atoms with E-state index in [0.717, 1.165) is 12.5 Å². The van der Waals surface area contributed by atoms with E-state index in [2.05, 4.69) is 0 Å². The summed E-state index contributed by atoms with van der Waals surface area (Å²) in [6.45, 7) is 0. The number of carbonyl (C=O) groups excluding carboxylic acids is 1. The fraction of sp³-hybridized carbons (Fsp3) is 0.714. The summed E-state index contributed by atoms with van der Waals surface area (Å²) < 4.78 is 0. The van der Waals surface area contributed by atoms with Gasteiger partial charge in [0.15, 0.2) is 0 Å². The van der Waals surface area contributed by atoms with Crippen LogP contribution in [0.3, 0.4) is 0 Å². The maximum atomic E-state index is 10.2. The van der Waals surface area contributed by atoms with Crippen LogP contribution in [0.1, 0.15) is 25.7 Å². The van der Waals surface area contributed by atoms with Crippen molar-refractivity contribution in [3.63, 3.8) is 0 Å². The Bertz CT molecular complexity index is 170. The van der Waals surface area contributed by atoms with Crippen LogP contribution in [0.2, 0.25) is 0 Å². The molecule has 0 fully saturated rings. The van der Waals surface area contributed by atoms with E-state index >= 15 is 0 Å². The second-order valence-electron chi connectivity index (χ2n) is 2.47. The van der Waals surface area contributed by atoms with Gasteiger partial charge in [-0.1, -0.05) is 0 Å². The predicted octanol–water partition coefficient (Wildman–Crippen LogP) is 1.04. The van der Waals surface area contributed by atoms with Crippen molar-refractivity contribution in [2.75, 3.05) is 0 Å². The topological polar surface area (TPSA) is 84.1 Å². The van der Waals surface area contributed by atoms with Crippen LogP contribution in [0.4, 0.5) is 0 Å². The molecule has 0 aliphatic heterocycles. The van der Waals surface area contributed by atoms with Gasteiger partial charge in [-0.2, -0.15) is 0 Å². The van der Waals surface area contributed by atoms with Gasteiger partial charge in [-0.25, -0.2) is 0 Å². The molecule has 0 radical (unpaired) electrons. The number of nitrogens with zero attached hydrogens (tertiary/aromatic N) is 1. The van der Waals surface area contributed by atoms with Crippen molar-refractivity contribution in [1.82, 2.24) is 0 Å². The van der Waals surface area contributed by atoms with Gasteiger partial charge in [0.2, 0.25) is 6.04 Å². The average Bonchev–Trinajstić information content (AvgIpc) is 2.04. The summed E-state index contributed by atoms with van der Waals surface area (Å²) in [5.41, 5.74) is 0. The van der Waals surface area contributed by atoms with Crippen LogP contribution >= 0.6 is 0 Å². The van der Waals surface area contributed by atoms with Gasteiger partial charge < -0.3 is 10.2 Å². The van der Waals surface area contributed by atoms with Gasteiger partial charge in [0.25, 0.3) is 0 Å². The highest BCUT2D eigenvalue weighted by Gasteiger charge is 2.14. The molecule has 1 N–H and O–H groups in total. The van der Waals surface area contributed by atoms with E-state index < -0.39 is 11.0 Å². The lowest BCUT2D eigenvalue weighted by atomic mass is 10.1. The van der Waals surface area contributed by atoms with Crippen molar-refractivity contribution in [2.45, 2.75) is 31.7 Å². The first-order valence-electron chi connectivity index (χ1n) is 3.80. The Balaban J connectivity index is 3.51. The van der Waals surface area contributed by atoms with Gasteiger partial charge in [0, 0.05) is 17.8 Å². The lowest BCUT2D eigenvalue weighted by Crippen LogP contribution is -2.20. The highest BCUT2D eigenvalue weighted by Crippen LogP contribution is 2.03. The smallest absolute Gasteiger partial charge is 0.247 e. The minimum Gasteiger partial charge on any atom is -0.306 e. The predicted molar refractivity (Wildman–Crippen MR) is 44.1 cm³/mol. The molecule has 0 saturated carbocycles. The quantitative estimate of drug-likeness (QED) is 0.205. The van der Waals surface area contributed by atoms with Crippen LogP contribution < -0.4 is 0 Å². The zero-order valence-corrected chi connectivity index (χ0v) is 6.73. The highest BCUT2D eigenvalue weighted by atomic mass is 16.6. The third kappa shape index (κ3) is 4.54. The number of nitrogens with one attached hydrogen (secondary N) is 1. The first-order chi connectivity index (χ1) is 5.72. The number of rotatable bonds is 7. The Hall–Kier alpha value is -1.26. The molecule has 0 amide bonds. The molecule has 0 spiro atoms. The number of hydrogen-bond donors (Lipinski definition) is 1. The van der Waals surface area contributed by atoms with E-state index in [1.54, 1.807) is 0 Å². The summed E-state index contributed by atoms with van der Waals surface area (Å²) in [6.07, 6.45) is 3.72. The number of hydrogen-bond acceptors (Lipinski definition) is 4. The van der Waals surface area contributed by atoms with Gasteiger partial charge in [-0.05, 0) is 12.8 Å². The molecule has 5 nitrogen and oxygen atoms in total. The largest absolute Gasteiger partial charge is 0.306 e. The molecular weight excluding hydrogens is 160 g/mol. The summed E-state index contributed by atoms with van der Waals surface area (Å²) in [4.78, 5) is 19.6. The van der Waals surface area contributed by atoms with Crippen molar-refractivity contribution >= 4 is 12.5 Å². The summed E-state index contributed by atoms with van der Waals surface area (Å²) in [6, 6.07) is -0.878. The standard InChI is InChI=1S/C7H12N2O3/c8-6-7(9(11)12)4-2-1-3-5-10/h5-8H,1-4H2. The maximum absolute atomic E-state index is 10.2. The molecule has 0 aliphatic carbocycles. The molecule has 0 aromatic heterocycles. The number of aldehydes is 1. The zero-order chi connectivity index (χ0) is 9.40. The van der Waals surface area contributed by atoms with E-state index in [4.69, 9.17) is 5.41 Å². The molecule has 0 bridgehead atoms. The average molecular weight is 172 g/mol. The Kier molecular flexibility index (Phi) is 5.77. The monoisotopic (exact) mass is 172 g/mol. The van der Waals surface area contributed by atoms with Crippen molar-refractivity contribution in [3.05, 3.63) is 10.1 Å². The van der Waals surface area contributed by atoms with Crippen LogP contribution in [-0.4, -0.2) is 23.5 Å². The van der Waals surface area contributed by atoms with Crippen LogP contribution in [0.5, 0.6) is 0 Å². The Morgan fingerprint density at radius 1 is 1.50 bits per heavy atom. The first-order valence-corrected chi connectivity index (χ1v) is 3.80. The van der Waals surface area contributed by atoms with E-state index in [0.29, 0.717) is 25.7 Å². The summed E-state index contributed by atoms with van der Waals surface area (Å²) in [5, 5.41) is 16.9. The summed E-state index contributed by atoms with van der Waals surface area (Å²) >= 11 is 0. The molecule has 0 rings (SSSR count). The number of unbranched alkanes of at least 4 members (excludes halogenated alkanes) is 2. The molecule has 0 saturated heterocycles. The highest BCUT2D eigenvalue weighted by molar-refractivity contribution is 5.58. The van der Waals surface area contributed by atoms with E-state index in [1.165, 1.54) is 0 Å². The zero-order valence-electron chi connectivity index (χ0n) is 6.73. The Labute approximate surface area is 70.4 Å². The van der Waals surface area contributed by atoms with Gasteiger partial charge in [-0.3, -0.25) is 10.1 Å². The van der Waals surface area contributed by atoms with E-state index in [1.807, 2.05) is 0 Å². The van der Waals surface area contributed by atoms with Crippen LogP contribution in [0, 0.1) is 15.5 Å². The molecule has 1 atom stereocenters. The van der Waals surface area contributed by atoms with E-state index in [-0.39, 0.29) is 0 Å². The Morgan fingerprint density at radius 2 is 2.17 bits per heavy atom. The third-order valence-electron chi connectivity index (χ3n) is 1.54. The molecule has 0 heterocycles. The summed E-state index contributed by atoms with van der Waals surface area (Å²) in [5.74, 6) is 0. The van der Waals surface area contributed by atoms with Crippen molar-refractivity contribution < 1.29 is 9.72 Å². The second kappa shape index (κ2) is 6.45. The van der Waals surface area contributed by atoms with Gasteiger partial charge in [-0.15, -0.1) is 0 Å². The SMILES string of the molecule is N=CC(CCCCC=O)[N+](=O)[O-]. The van der Waals surface area contributed by atoms with Crippen LogP contribution in [0.25, 0.3) is 0 Å². The molecule has 68 valence electrons. The number of carbonyl (C=O) groups is 1. The van der Waals surface area contributed by atoms with Crippen molar-refractivity contribution in [2.24, 2.45) is 0 Å². The normalized spacial score (nSPS) is 12.0. The number of nitro groups is 1. The van der Waals surface area contributed by atoms with Crippen molar-refractivity contribution in [3.8, 4) is 0 Å². The molecule has 0 aliphatic rings. The molecule has 12 heavy (non-hydrogen) atoms. The molecule has 5 heteroatoms. The minimum absolute atomic E-state index is 0.352. The lowest BCUT2D eigenvalue weighted by molar-refractivity contribution is -0.502. The molecule has 1 unspecified atom stereocenters. The third-order valence-corrected chi connectivity index (χ3v) is 1.54. The van der Waals surface area contributed by atoms with Crippen LogP contribution in [0.15, 0.2) is 0 Å². The molecule has 0 aromatic carbocycles. The lowest BCUT2D eigenvalue weighted by Gasteiger charge is -2.01. The fourth-order valence-electron chi connectivity index (χ4n) is 0.831.